The second-order valence-electron chi connectivity index (χ2n) is 4.67. The Labute approximate surface area is 124 Å². The van der Waals surface area contributed by atoms with Crippen molar-refractivity contribution in [1.82, 2.24) is 4.90 Å². The fourth-order valence-electron chi connectivity index (χ4n) is 1.63. The highest BCUT2D eigenvalue weighted by molar-refractivity contribution is 9.09. The zero-order chi connectivity index (χ0) is 14.3. The van der Waals surface area contributed by atoms with Crippen molar-refractivity contribution < 1.29 is 9.53 Å². The van der Waals surface area contributed by atoms with E-state index in [1.54, 1.807) is 4.90 Å². The molecule has 1 aromatic carbocycles. The Hall–Kier alpha value is -1.03. The molecule has 0 aliphatic heterocycles. The summed E-state index contributed by atoms with van der Waals surface area (Å²) in [5, 5.41) is 0. The molecule has 1 aromatic rings. The summed E-state index contributed by atoms with van der Waals surface area (Å²) in [7, 11) is 1.83. The van der Waals surface area contributed by atoms with E-state index in [1.165, 1.54) is 0 Å². The summed E-state index contributed by atoms with van der Waals surface area (Å²) < 4.78 is 5.55. The number of hydrogen-bond donors (Lipinski definition) is 0. The first kappa shape index (κ1) is 16.0. The first-order valence-electron chi connectivity index (χ1n) is 6.67. The van der Waals surface area contributed by atoms with Crippen molar-refractivity contribution >= 4 is 21.8 Å². The minimum absolute atomic E-state index is 0.0371. The molecule has 106 valence electrons. The van der Waals surface area contributed by atoms with Crippen molar-refractivity contribution in [2.24, 2.45) is 0 Å². The second kappa shape index (κ2) is 8.20. The molecule has 1 amide bonds. The maximum absolute atomic E-state index is 12.2. The van der Waals surface area contributed by atoms with Crippen molar-refractivity contribution in [2.45, 2.75) is 31.5 Å². The lowest BCUT2D eigenvalue weighted by atomic mass is 10.2. The molecule has 0 aliphatic rings. The van der Waals surface area contributed by atoms with Crippen LogP contribution in [0.3, 0.4) is 0 Å². The van der Waals surface area contributed by atoms with Gasteiger partial charge in [-0.05, 0) is 31.0 Å². The highest BCUT2D eigenvalue weighted by Crippen LogP contribution is 2.15. The highest BCUT2D eigenvalue weighted by Gasteiger charge is 2.12. The summed E-state index contributed by atoms with van der Waals surface area (Å²) in [4.78, 5) is 14.4. The zero-order valence-corrected chi connectivity index (χ0v) is 13.4. The number of rotatable bonds is 7. The van der Waals surface area contributed by atoms with E-state index in [9.17, 15) is 4.79 Å². The first-order valence-corrected chi connectivity index (χ1v) is 7.58. The fourth-order valence-corrected chi connectivity index (χ4v) is 1.84. The Bertz CT molecular complexity index is 407. The van der Waals surface area contributed by atoms with Gasteiger partial charge in [0.05, 0.1) is 6.61 Å². The number of ether oxygens (including phenoxy) is 1. The Morgan fingerprint density at radius 3 is 2.84 bits per heavy atom. The minimum atomic E-state index is 0.0371. The van der Waals surface area contributed by atoms with E-state index < -0.39 is 0 Å². The molecule has 3 nitrogen and oxygen atoms in total. The van der Waals surface area contributed by atoms with E-state index in [4.69, 9.17) is 4.74 Å². The Kier molecular flexibility index (Phi) is 6.92. The van der Waals surface area contributed by atoms with Gasteiger partial charge in [0, 0.05) is 24.0 Å². The number of benzene rings is 1. The van der Waals surface area contributed by atoms with Gasteiger partial charge >= 0.3 is 0 Å². The maximum Gasteiger partial charge on any atom is 0.253 e. The summed E-state index contributed by atoms with van der Waals surface area (Å²) in [5.41, 5.74) is 0.679. The number of alkyl halides is 1. The summed E-state index contributed by atoms with van der Waals surface area (Å²) in [6, 6.07) is 7.38. The van der Waals surface area contributed by atoms with Gasteiger partial charge in [-0.2, -0.15) is 0 Å². The molecular weight excluding hydrogens is 306 g/mol. The lowest BCUT2D eigenvalue weighted by Crippen LogP contribution is -2.28. The topological polar surface area (TPSA) is 29.5 Å². The lowest BCUT2D eigenvalue weighted by molar-refractivity contribution is 0.0793. The minimum Gasteiger partial charge on any atom is -0.494 e. The second-order valence-corrected chi connectivity index (χ2v) is 6.24. The molecular formula is C15H22BrNO2. The molecule has 0 bridgehead atoms. The number of amides is 1. The summed E-state index contributed by atoms with van der Waals surface area (Å²) >= 11 is 3.49. The largest absolute Gasteiger partial charge is 0.494 e. The molecule has 0 aliphatic carbocycles. The van der Waals surface area contributed by atoms with Gasteiger partial charge in [0.15, 0.2) is 0 Å². The van der Waals surface area contributed by atoms with Crippen LogP contribution in [-0.2, 0) is 0 Å². The van der Waals surface area contributed by atoms with Crippen LogP contribution in [0.2, 0.25) is 0 Å². The molecule has 0 spiro atoms. The average molecular weight is 328 g/mol. The molecule has 0 saturated carbocycles. The third kappa shape index (κ3) is 5.64. The quantitative estimate of drug-likeness (QED) is 0.714. The van der Waals surface area contributed by atoms with Gasteiger partial charge in [-0.3, -0.25) is 4.79 Å². The van der Waals surface area contributed by atoms with Crippen LogP contribution in [0, 0.1) is 0 Å². The third-order valence-electron chi connectivity index (χ3n) is 2.76. The molecule has 1 rings (SSSR count). The summed E-state index contributed by atoms with van der Waals surface area (Å²) in [6.07, 6.45) is 1.90. The maximum atomic E-state index is 12.2. The molecule has 0 N–H and O–H groups in total. The Morgan fingerprint density at radius 1 is 1.47 bits per heavy atom. The van der Waals surface area contributed by atoms with E-state index in [-0.39, 0.29) is 5.91 Å². The number of carbonyl (C=O) groups excluding carboxylic acids is 1. The molecule has 1 atom stereocenters. The summed E-state index contributed by atoms with van der Waals surface area (Å²) in [6.45, 7) is 5.56. The number of nitrogens with zero attached hydrogens (tertiary/aromatic N) is 1. The van der Waals surface area contributed by atoms with E-state index in [0.29, 0.717) is 17.0 Å². The fraction of sp³-hybridized carbons (Fsp3) is 0.533. The van der Waals surface area contributed by atoms with E-state index >= 15 is 0 Å². The van der Waals surface area contributed by atoms with Crippen molar-refractivity contribution in [3.05, 3.63) is 29.8 Å². The van der Waals surface area contributed by atoms with Crippen LogP contribution in [0.15, 0.2) is 24.3 Å². The number of hydrogen-bond acceptors (Lipinski definition) is 2. The first-order chi connectivity index (χ1) is 9.04. The SMILES string of the molecule is CCCOc1cccc(C(=O)N(C)CCC(C)Br)c1. The number of halogens is 1. The molecule has 19 heavy (non-hydrogen) atoms. The van der Waals surface area contributed by atoms with Crippen molar-refractivity contribution in [1.29, 1.82) is 0 Å². The zero-order valence-electron chi connectivity index (χ0n) is 11.9. The molecule has 0 aromatic heterocycles. The van der Waals surface area contributed by atoms with Gasteiger partial charge < -0.3 is 9.64 Å². The monoisotopic (exact) mass is 327 g/mol. The van der Waals surface area contributed by atoms with Crippen LogP contribution in [-0.4, -0.2) is 35.8 Å². The van der Waals surface area contributed by atoms with E-state index in [2.05, 4.69) is 29.8 Å². The van der Waals surface area contributed by atoms with Crippen LogP contribution in [0.1, 0.15) is 37.0 Å². The average Bonchev–Trinajstić information content (AvgIpc) is 2.41. The number of carbonyl (C=O) groups is 1. The van der Waals surface area contributed by atoms with Crippen LogP contribution < -0.4 is 4.74 Å². The molecule has 0 fully saturated rings. The molecule has 0 saturated heterocycles. The summed E-state index contributed by atoms with van der Waals surface area (Å²) in [5.74, 6) is 0.796. The van der Waals surface area contributed by atoms with E-state index in [0.717, 1.165) is 25.1 Å². The predicted molar refractivity (Wildman–Crippen MR) is 82.2 cm³/mol. The van der Waals surface area contributed by atoms with Gasteiger partial charge in [0.1, 0.15) is 5.75 Å². The van der Waals surface area contributed by atoms with Crippen LogP contribution in [0.5, 0.6) is 5.75 Å². The predicted octanol–water partition coefficient (Wildman–Crippen LogP) is 3.72. The molecule has 1 unspecified atom stereocenters. The van der Waals surface area contributed by atoms with Gasteiger partial charge in [-0.15, -0.1) is 0 Å². The standard InChI is InChI=1S/C15H22BrNO2/c1-4-10-19-14-7-5-6-13(11-14)15(18)17(3)9-8-12(2)16/h5-7,11-12H,4,8-10H2,1-3H3. The van der Waals surface area contributed by atoms with E-state index in [1.807, 2.05) is 31.3 Å². The smallest absolute Gasteiger partial charge is 0.253 e. The lowest BCUT2D eigenvalue weighted by Gasteiger charge is -2.18. The van der Waals surface area contributed by atoms with Crippen molar-refractivity contribution in [3.8, 4) is 5.75 Å². The van der Waals surface area contributed by atoms with Gasteiger partial charge in [0.2, 0.25) is 0 Å². The van der Waals surface area contributed by atoms with Crippen LogP contribution in [0.4, 0.5) is 0 Å². The molecule has 0 heterocycles. The third-order valence-corrected chi connectivity index (χ3v) is 3.22. The van der Waals surface area contributed by atoms with Crippen LogP contribution >= 0.6 is 15.9 Å². The van der Waals surface area contributed by atoms with Gasteiger partial charge in [-0.1, -0.05) is 35.8 Å². The Balaban J connectivity index is 2.65. The molecule has 4 heteroatoms. The van der Waals surface area contributed by atoms with Gasteiger partial charge in [-0.25, -0.2) is 0 Å². The normalized spacial score (nSPS) is 12.0. The Morgan fingerprint density at radius 2 is 2.21 bits per heavy atom. The highest BCUT2D eigenvalue weighted by atomic mass is 79.9. The van der Waals surface area contributed by atoms with Crippen molar-refractivity contribution in [2.75, 3.05) is 20.2 Å². The van der Waals surface area contributed by atoms with Gasteiger partial charge in [0.25, 0.3) is 5.91 Å². The van der Waals surface area contributed by atoms with Crippen molar-refractivity contribution in [3.63, 3.8) is 0 Å². The molecule has 0 radical (unpaired) electrons. The van der Waals surface area contributed by atoms with Crippen LogP contribution in [0.25, 0.3) is 0 Å².